The SMILES string of the molecule is Cc1oc(C(=O)O)cc1S(=O)(=O)Nc1cccc(S(=O)(=O)NC2=NCCC2)c1. The number of sulfonamides is 2. The van der Waals surface area contributed by atoms with Crippen LogP contribution in [0.4, 0.5) is 5.69 Å². The zero-order chi connectivity index (χ0) is 20.5. The lowest BCUT2D eigenvalue weighted by Crippen LogP contribution is -2.29. The van der Waals surface area contributed by atoms with E-state index < -0.39 is 31.8 Å². The van der Waals surface area contributed by atoms with Crippen LogP contribution >= 0.6 is 0 Å². The molecule has 1 aliphatic rings. The predicted octanol–water partition coefficient (Wildman–Crippen LogP) is 1.56. The summed E-state index contributed by atoms with van der Waals surface area (Å²) in [7, 11) is -8.10. The fourth-order valence-corrected chi connectivity index (χ4v) is 4.98. The monoisotopic (exact) mass is 427 g/mol. The van der Waals surface area contributed by atoms with Crippen LogP contribution < -0.4 is 9.44 Å². The summed E-state index contributed by atoms with van der Waals surface area (Å²) in [6, 6.07) is 6.12. The van der Waals surface area contributed by atoms with Crippen LogP contribution in [0, 0.1) is 6.92 Å². The van der Waals surface area contributed by atoms with E-state index in [4.69, 9.17) is 9.52 Å². The smallest absolute Gasteiger partial charge is 0.371 e. The average Bonchev–Trinajstić information content (AvgIpc) is 3.24. The molecule has 150 valence electrons. The van der Waals surface area contributed by atoms with E-state index in [9.17, 15) is 21.6 Å². The highest BCUT2D eigenvalue weighted by molar-refractivity contribution is 7.92. The molecule has 0 radical (unpaired) electrons. The number of carboxylic acid groups (broad SMARTS) is 1. The summed E-state index contributed by atoms with van der Waals surface area (Å²) in [5.41, 5.74) is -0.00582. The number of nitrogens with one attached hydrogen (secondary N) is 2. The summed E-state index contributed by atoms with van der Waals surface area (Å²) in [6.07, 6.45) is 1.29. The lowest BCUT2D eigenvalue weighted by Gasteiger charge is -2.11. The van der Waals surface area contributed by atoms with Gasteiger partial charge in [-0.05, 0) is 31.5 Å². The largest absolute Gasteiger partial charge is 0.475 e. The van der Waals surface area contributed by atoms with Crippen molar-refractivity contribution in [3.8, 4) is 0 Å². The molecule has 3 rings (SSSR count). The van der Waals surface area contributed by atoms with Crippen LogP contribution in [0.3, 0.4) is 0 Å². The summed E-state index contributed by atoms with van der Waals surface area (Å²) in [5, 5.41) is 8.93. The normalized spacial score (nSPS) is 14.5. The lowest BCUT2D eigenvalue weighted by atomic mass is 10.3. The van der Waals surface area contributed by atoms with E-state index in [0.29, 0.717) is 18.8 Å². The summed E-state index contributed by atoms with van der Waals surface area (Å²) in [6.45, 7) is 1.87. The third-order valence-electron chi connectivity index (χ3n) is 3.90. The van der Waals surface area contributed by atoms with Gasteiger partial charge >= 0.3 is 5.97 Å². The van der Waals surface area contributed by atoms with Crippen molar-refractivity contribution >= 4 is 37.5 Å². The van der Waals surface area contributed by atoms with Gasteiger partial charge in [-0.25, -0.2) is 21.6 Å². The Kier molecular flexibility index (Phi) is 5.17. The molecule has 12 heteroatoms. The van der Waals surface area contributed by atoms with E-state index in [1.54, 1.807) is 0 Å². The number of benzene rings is 1. The Balaban J connectivity index is 1.87. The highest BCUT2D eigenvalue weighted by Gasteiger charge is 2.25. The van der Waals surface area contributed by atoms with Crippen LogP contribution in [-0.4, -0.2) is 40.3 Å². The van der Waals surface area contributed by atoms with Crippen molar-refractivity contribution in [3.63, 3.8) is 0 Å². The van der Waals surface area contributed by atoms with Gasteiger partial charge in [0.1, 0.15) is 16.5 Å². The van der Waals surface area contributed by atoms with Crippen molar-refractivity contribution in [2.24, 2.45) is 4.99 Å². The van der Waals surface area contributed by atoms with Crippen LogP contribution in [0.5, 0.6) is 0 Å². The fraction of sp³-hybridized carbons (Fsp3) is 0.250. The molecule has 0 bridgehead atoms. The number of aliphatic imine (C=N–C) groups is 1. The standard InChI is InChI=1S/C16H17N3O7S2/c1-10-14(9-13(26-10)16(20)21)28(24,25)18-11-4-2-5-12(8-11)27(22,23)19-15-6-3-7-17-15/h2,4-5,8-9,18H,3,6-7H2,1H3,(H,17,19)(H,20,21). The van der Waals surface area contributed by atoms with Crippen molar-refractivity contribution in [2.75, 3.05) is 11.3 Å². The quantitative estimate of drug-likeness (QED) is 0.631. The first kappa shape index (κ1) is 19.9. The topological polar surface area (TPSA) is 155 Å². The maximum atomic E-state index is 12.5. The van der Waals surface area contributed by atoms with Crippen molar-refractivity contribution in [1.29, 1.82) is 0 Å². The van der Waals surface area contributed by atoms with E-state index >= 15 is 0 Å². The molecule has 10 nitrogen and oxygen atoms in total. The van der Waals surface area contributed by atoms with Crippen molar-refractivity contribution in [2.45, 2.75) is 29.6 Å². The van der Waals surface area contributed by atoms with Gasteiger partial charge in [0.25, 0.3) is 20.0 Å². The highest BCUT2D eigenvalue weighted by Crippen LogP contribution is 2.24. The Morgan fingerprint density at radius 3 is 2.50 bits per heavy atom. The van der Waals surface area contributed by atoms with Crippen LogP contribution in [0.25, 0.3) is 0 Å². The van der Waals surface area contributed by atoms with Gasteiger partial charge in [0.05, 0.1) is 10.6 Å². The number of hydrogen-bond donors (Lipinski definition) is 3. The number of hydrogen-bond acceptors (Lipinski definition) is 7. The molecular formula is C16H17N3O7S2. The minimum absolute atomic E-state index is 0.00582. The number of nitrogens with zero attached hydrogens (tertiary/aromatic N) is 1. The second-order valence-corrected chi connectivity index (χ2v) is 9.34. The zero-order valence-electron chi connectivity index (χ0n) is 14.7. The minimum atomic E-state index is -4.19. The number of furan rings is 1. The van der Waals surface area contributed by atoms with Crippen molar-refractivity contribution in [3.05, 3.63) is 41.9 Å². The summed E-state index contributed by atoms with van der Waals surface area (Å²) in [5.74, 6) is -1.66. The number of carbonyl (C=O) groups is 1. The predicted molar refractivity (Wildman–Crippen MR) is 99.5 cm³/mol. The molecule has 0 aliphatic carbocycles. The van der Waals surface area contributed by atoms with E-state index in [2.05, 4.69) is 14.4 Å². The van der Waals surface area contributed by atoms with Gasteiger partial charge < -0.3 is 9.52 Å². The molecule has 2 heterocycles. The van der Waals surface area contributed by atoms with Gasteiger partial charge in [0, 0.05) is 19.0 Å². The van der Waals surface area contributed by atoms with Crippen molar-refractivity contribution in [1.82, 2.24) is 4.72 Å². The van der Waals surface area contributed by atoms with Gasteiger partial charge in [-0.2, -0.15) is 0 Å². The molecular weight excluding hydrogens is 410 g/mol. The second-order valence-electron chi connectivity index (χ2n) is 6.01. The number of aryl methyl sites for hydroxylation is 1. The lowest BCUT2D eigenvalue weighted by molar-refractivity contribution is 0.0661. The third kappa shape index (κ3) is 4.17. The molecule has 3 N–H and O–H groups in total. The maximum Gasteiger partial charge on any atom is 0.371 e. The van der Waals surface area contributed by atoms with Crippen LogP contribution in [0.1, 0.15) is 29.2 Å². The summed E-state index contributed by atoms with van der Waals surface area (Å²) < 4.78 is 59.5. The van der Waals surface area contributed by atoms with E-state index in [1.807, 2.05) is 0 Å². The number of aromatic carboxylic acids is 1. The van der Waals surface area contributed by atoms with E-state index in [-0.39, 0.29) is 21.2 Å². The first-order valence-electron chi connectivity index (χ1n) is 8.11. The molecule has 28 heavy (non-hydrogen) atoms. The van der Waals surface area contributed by atoms with E-state index in [0.717, 1.165) is 18.6 Å². The van der Waals surface area contributed by atoms with Gasteiger partial charge in [-0.3, -0.25) is 14.4 Å². The summed E-state index contributed by atoms with van der Waals surface area (Å²) in [4.78, 5) is 14.5. The molecule has 0 saturated carbocycles. The van der Waals surface area contributed by atoms with Crippen LogP contribution in [-0.2, 0) is 20.0 Å². The molecule has 0 spiro atoms. The average molecular weight is 427 g/mol. The highest BCUT2D eigenvalue weighted by atomic mass is 32.2. The molecule has 0 unspecified atom stereocenters. The molecule has 0 amide bonds. The molecule has 1 aliphatic heterocycles. The van der Waals surface area contributed by atoms with Gasteiger partial charge in [0.15, 0.2) is 0 Å². The Morgan fingerprint density at radius 1 is 1.14 bits per heavy atom. The number of carboxylic acids is 1. The molecule has 0 atom stereocenters. The Labute approximate surface area is 161 Å². The van der Waals surface area contributed by atoms with Crippen LogP contribution in [0.15, 0.2) is 49.5 Å². The summed E-state index contributed by atoms with van der Waals surface area (Å²) >= 11 is 0. The van der Waals surface area contributed by atoms with Crippen molar-refractivity contribution < 1.29 is 31.2 Å². The second kappa shape index (κ2) is 7.28. The Morgan fingerprint density at radius 2 is 1.89 bits per heavy atom. The van der Waals surface area contributed by atoms with Gasteiger partial charge in [-0.15, -0.1) is 0 Å². The van der Waals surface area contributed by atoms with Crippen LogP contribution in [0.2, 0.25) is 0 Å². The Hall–Kier alpha value is -2.86. The maximum absolute atomic E-state index is 12.5. The molecule has 1 aromatic heterocycles. The number of rotatable bonds is 6. The number of anilines is 1. The first-order valence-corrected chi connectivity index (χ1v) is 11.1. The molecule has 2 aromatic rings. The number of amidine groups is 1. The molecule has 0 fully saturated rings. The zero-order valence-corrected chi connectivity index (χ0v) is 16.3. The van der Waals surface area contributed by atoms with E-state index in [1.165, 1.54) is 25.1 Å². The fourth-order valence-electron chi connectivity index (χ4n) is 2.61. The minimum Gasteiger partial charge on any atom is -0.475 e. The first-order chi connectivity index (χ1) is 13.1. The molecule has 0 saturated heterocycles. The molecule has 1 aromatic carbocycles. The third-order valence-corrected chi connectivity index (χ3v) is 6.76. The van der Waals surface area contributed by atoms with Gasteiger partial charge in [0.2, 0.25) is 5.76 Å². The van der Waals surface area contributed by atoms with Gasteiger partial charge in [-0.1, -0.05) is 6.07 Å². The Bertz CT molecular complexity index is 1160.